The second-order valence-electron chi connectivity index (χ2n) is 7.21. The maximum absolute atomic E-state index is 13.1. The highest BCUT2D eigenvalue weighted by atomic mass is 35.5. The van der Waals surface area contributed by atoms with E-state index < -0.39 is 0 Å². The Kier molecular flexibility index (Phi) is 7.00. The summed E-state index contributed by atoms with van der Waals surface area (Å²) in [7, 11) is 3.36. The Bertz CT molecular complexity index is 999. The summed E-state index contributed by atoms with van der Waals surface area (Å²) in [6.07, 6.45) is 1.63. The lowest BCUT2D eigenvalue weighted by Crippen LogP contribution is -2.31. The number of aromatic nitrogens is 2. The summed E-state index contributed by atoms with van der Waals surface area (Å²) in [5.41, 5.74) is 2.31. The van der Waals surface area contributed by atoms with Crippen LogP contribution in [0.4, 0.5) is 0 Å². The molecule has 0 spiro atoms. The van der Waals surface area contributed by atoms with Crippen LogP contribution in [-0.2, 0) is 0 Å². The third-order valence-electron chi connectivity index (χ3n) is 4.75. The Morgan fingerprint density at radius 3 is 2.43 bits per heavy atom. The van der Waals surface area contributed by atoms with Crippen molar-refractivity contribution in [2.75, 3.05) is 27.3 Å². The van der Waals surface area contributed by atoms with Gasteiger partial charge in [0.25, 0.3) is 5.91 Å². The largest absolute Gasteiger partial charge is 0.493 e. The Morgan fingerprint density at radius 1 is 1.13 bits per heavy atom. The van der Waals surface area contributed by atoms with Gasteiger partial charge < -0.3 is 14.4 Å². The summed E-state index contributed by atoms with van der Waals surface area (Å²) in [5.74, 6) is 1.33. The summed E-state index contributed by atoms with van der Waals surface area (Å²) in [4.78, 5) is 14.7. The molecule has 1 heterocycles. The van der Waals surface area contributed by atoms with Crippen molar-refractivity contribution in [3.05, 3.63) is 71.0 Å². The van der Waals surface area contributed by atoms with Crippen LogP contribution in [0.5, 0.6) is 11.5 Å². The standard InChI is InChI=1S/C23H26ClN3O3/c1-16(2)22-19(15-25-27(22)18-11-9-17(24)10-12-18)23(28)26(3)13-14-30-21-8-6-5-7-20(21)29-4/h5-12,15-16H,13-14H2,1-4H3. The topological polar surface area (TPSA) is 56.6 Å². The number of hydrogen-bond acceptors (Lipinski definition) is 4. The van der Waals surface area contributed by atoms with E-state index in [9.17, 15) is 4.79 Å². The van der Waals surface area contributed by atoms with E-state index >= 15 is 0 Å². The number of benzene rings is 2. The second-order valence-corrected chi connectivity index (χ2v) is 7.65. The predicted molar refractivity (Wildman–Crippen MR) is 118 cm³/mol. The highest BCUT2D eigenvalue weighted by Gasteiger charge is 2.23. The van der Waals surface area contributed by atoms with Crippen LogP contribution in [0.2, 0.25) is 5.02 Å². The van der Waals surface area contributed by atoms with Gasteiger partial charge in [-0.05, 0) is 42.3 Å². The number of halogens is 1. The van der Waals surface area contributed by atoms with Crippen LogP contribution >= 0.6 is 11.6 Å². The van der Waals surface area contributed by atoms with Crippen LogP contribution in [0.3, 0.4) is 0 Å². The van der Waals surface area contributed by atoms with E-state index in [1.165, 1.54) is 0 Å². The molecule has 2 aromatic carbocycles. The minimum absolute atomic E-state index is 0.0949. The molecule has 6 nitrogen and oxygen atoms in total. The Labute approximate surface area is 182 Å². The normalized spacial score (nSPS) is 10.9. The molecule has 0 aliphatic heterocycles. The molecule has 0 fully saturated rings. The molecule has 1 amide bonds. The predicted octanol–water partition coefficient (Wildman–Crippen LogP) is 4.81. The number of likely N-dealkylation sites (N-methyl/N-ethyl adjacent to an activating group) is 1. The van der Waals surface area contributed by atoms with E-state index in [1.807, 2.05) is 62.4 Å². The van der Waals surface area contributed by atoms with Crippen LogP contribution in [-0.4, -0.2) is 47.9 Å². The monoisotopic (exact) mass is 427 g/mol. The Balaban J connectivity index is 1.73. The molecule has 0 atom stereocenters. The van der Waals surface area contributed by atoms with Gasteiger partial charge in [0, 0.05) is 12.1 Å². The van der Waals surface area contributed by atoms with Crippen LogP contribution in [0.1, 0.15) is 35.8 Å². The number of para-hydroxylation sites is 2. The van der Waals surface area contributed by atoms with E-state index in [0.717, 1.165) is 11.4 Å². The van der Waals surface area contributed by atoms with E-state index in [4.69, 9.17) is 21.1 Å². The van der Waals surface area contributed by atoms with Gasteiger partial charge >= 0.3 is 0 Å². The summed E-state index contributed by atoms with van der Waals surface area (Å²) in [6.45, 7) is 4.88. The molecule has 0 bridgehead atoms. The van der Waals surface area contributed by atoms with Gasteiger partial charge in [-0.3, -0.25) is 4.79 Å². The van der Waals surface area contributed by atoms with Crippen molar-refractivity contribution in [3.63, 3.8) is 0 Å². The number of ether oxygens (including phenoxy) is 2. The first kappa shape index (κ1) is 21.7. The van der Waals surface area contributed by atoms with Crippen molar-refractivity contribution in [1.29, 1.82) is 0 Å². The minimum atomic E-state index is -0.0949. The van der Waals surface area contributed by atoms with E-state index in [2.05, 4.69) is 5.10 Å². The molecule has 0 saturated heterocycles. The van der Waals surface area contributed by atoms with Crippen molar-refractivity contribution in [2.24, 2.45) is 0 Å². The first-order valence-corrected chi connectivity index (χ1v) is 10.1. The van der Waals surface area contributed by atoms with Crippen molar-refractivity contribution < 1.29 is 14.3 Å². The van der Waals surface area contributed by atoms with Crippen molar-refractivity contribution >= 4 is 17.5 Å². The molecular weight excluding hydrogens is 402 g/mol. The maximum atomic E-state index is 13.1. The molecule has 30 heavy (non-hydrogen) atoms. The van der Waals surface area contributed by atoms with Gasteiger partial charge in [0.2, 0.25) is 0 Å². The van der Waals surface area contributed by atoms with Gasteiger partial charge in [0.1, 0.15) is 6.61 Å². The number of amides is 1. The SMILES string of the molecule is COc1ccccc1OCCN(C)C(=O)c1cnn(-c2ccc(Cl)cc2)c1C(C)C. The lowest BCUT2D eigenvalue weighted by Gasteiger charge is -2.19. The van der Waals surface area contributed by atoms with Gasteiger partial charge in [0.05, 0.1) is 36.8 Å². The molecule has 3 aromatic rings. The molecule has 0 aliphatic rings. The average molecular weight is 428 g/mol. The number of nitrogens with zero attached hydrogens (tertiary/aromatic N) is 3. The van der Waals surface area contributed by atoms with Gasteiger partial charge in [-0.15, -0.1) is 0 Å². The molecular formula is C23H26ClN3O3. The van der Waals surface area contributed by atoms with Crippen LogP contribution in [0.15, 0.2) is 54.7 Å². The molecule has 3 rings (SSSR count). The summed E-state index contributed by atoms with van der Waals surface area (Å²) in [5, 5.41) is 5.13. The molecule has 0 saturated carbocycles. The Morgan fingerprint density at radius 2 is 1.80 bits per heavy atom. The number of rotatable bonds is 8. The van der Waals surface area contributed by atoms with Gasteiger partial charge in [0.15, 0.2) is 11.5 Å². The second kappa shape index (κ2) is 9.67. The lowest BCUT2D eigenvalue weighted by molar-refractivity contribution is 0.0771. The molecule has 0 radical (unpaired) electrons. The number of carbonyl (C=O) groups is 1. The highest BCUT2D eigenvalue weighted by molar-refractivity contribution is 6.30. The first-order valence-electron chi connectivity index (χ1n) is 9.77. The molecule has 0 unspecified atom stereocenters. The van der Waals surface area contributed by atoms with Crippen LogP contribution in [0.25, 0.3) is 5.69 Å². The van der Waals surface area contributed by atoms with Gasteiger partial charge in [-0.2, -0.15) is 5.10 Å². The van der Waals surface area contributed by atoms with E-state index in [-0.39, 0.29) is 11.8 Å². The van der Waals surface area contributed by atoms with Crippen LogP contribution < -0.4 is 9.47 Å². The number of methoxy groups -OCH3 is 1. The third-order valence-corrected chi connectivity index (χ3v) is 5.01. The minimum Gasteiger partial charge on any atom is -0.493 e. The average Bonchev–Trinajstić information content (AvgIpc) is 3.19. The summed E-state index contributed by atoms with van der Waals surface area (Å²) in [6, 6.07) is 14.8. The molecule has 0 N–H and O–H groups in total. The smallest absolute Gasteiger partial charge is 0.257 e. The molecule has 158 valence electrons. The fraction of sp³-hybridized carbons (Fsp3) is 0.304. The third kappa shape index (κ3) is 4.76. The zero-order valence-electron chi connectivity index (χ0n) is 17.6. The van der Waals surface area contributed by atoms with Gasteiger partial charge in [-0.1, -0.05) is 37.6 Å². The van der Waals surface area contributed by atoms with Crippen molar-refractivity contribution in [1.82, 2.24) is 14.7 Å². The quantitative estimate of drug-likeness (QED) is 0.517. The molecule has 1 aromatic heterocycles. The first-order chi connectivity index (χ1) is 14.4. The van der Waals surface area contributed by atoms with Crippen LogP contribution in [0, 0.1) is 0 Å². The number of hydrogen-bond donors (Lipinski definition) is 0. The lowest BCUT2D eigenvalue weighted by atomic mass is 10.0. The summed E-state index contributed by atoms with van der Waals surface area (Å²) >= 11 is 6.00. The fourth-order valence-electron chi connectivity index (χ4n) is 3.20. The molecule has 0 aliphatic carbocycles. The Hall–Kier alpha value is -2.99. The van der Waals surface area contributed by atoms with E-state index in [0.29, 0.717) is 35.2 Å². The van der Waals surface area contributed by atoms with Crippen molar-refractivity contribution in [2.45, 2.75) is 19.8 Å². The zero-order valence-corrected chi connectivity index (χ0v) is 18.4. The highest BCUT2D eigenvalue weighted by Crippen LogP contribution is 2.26. The van der Waals surface area contributed by atoms with Crippen molar-refractivity contribution in [3.8, 4) is 17.2 Å². The fourth-order valence-corrected chi connectivity index (χ4v) is 3.33. The zero-order chi connectivity index (χ0) is 21.7. The number of carbonyl (C=O) groups excluding carboxylic acids is 1. The van der Waals surface area contributed by atoms with Gasteiger partial charge in [-0.25, -0.2) is 4.68 Å². The van der Waals surface area contributed by atoms with E-state index in [1.54, 1.807) is 29.9 Å². The maximum Gasteiger partial charge on any atom is 0.257 e. The molecule has 7 heteroatoms. The summed E-state index contributed by atoms with van der Waals surface area (Å²) < 4.78 is 12.9.